The van der Waals surface area contributed by atoms with Gasteiger partial charge in [0.2, 0.25) is 0 Å². The first kappa shape index (κ1) is 12.2. The molecule has 0 rings (SSSR count). The van der Waals surface area contributed by atoms with Crippen molar-refractivity contribution in [3.05, 3.63) is 12.2 Å². The van der Waals surface area contributed by atoms with E-state index >= 15 is 0 Å². The molecule has 0 aromatic carbocycles. The number of likely N-dealkylation sites (N-methyl/N-ethyl adjacent to an activating group) is 1. The highest BCUT2D eigenvalue weighted by molar-refractivity contribution is 5.81. The molecule has 0 amide bonds. The molecule has 1 atom stereocenters. The molecule has 0 bridgehead atoms. The maximum atomic E-state index is 10.9. The Labute approximate surface area is 80.4 Å². The van der Waals surface area contributed by atoms with Crippen LogP contribution in [-0.4, -0.2) is 37.1 Å². The van der Waals surface area contributed by atoms with Gasteiger partial charge >= 0.3 is 5.97 Å². The van der Waals surface area contributed by atoms with Crippen LogP contribution in [0.4, 0.5) is 0 Å². The summed E-state index contributed by atoms with van der Waals surface area (Å²) in [7, 11) is 2.01. The van der Waals surface area contributed by atoms with Gasteiger partial charge in [0.1, 0.15) is 0 Å². The summed E-state index contributed by atoms with van der Waals surface area (Å²) in [5.41, 5.74) is 0. The molecule has 76 valence electrons. The molecule has 3 heteroatoms. The van der Waals surface area contributed by atoms with Gasteiger partial charge in [-0.05, 0) is 27.4 Å². The molecule has 0 aromatic rings. The van der Waals surface area contributed by atoms with Crippen molar-refractivity contribution < 1.29 is 9.53 Å². The molecule has 0 saturated carbocycles. The fourth-order valence-electron chi connectivity index (χ4n) is 0.843. The number of ether oxygens (including phenoxy) is 1. The summed E-state index contributed by atoms with van der Waals surface area (Å²) in [5, 5.41) is 0. The molecule has 0 heterocycles. The lowest BCUT2D eigenvalue weighted by Crippen LogP contribution is -2.27. The first-order valence-corrected chi connectivity index (χ1v) is 4.67. The lowest BCUT2D eigenvalue weighted by Gasteiger charge is -2.19. The fourth-order valence-corrected chi connectivity index (χ4v) is 0.843. The molecule has 0 spiro atoms. The van der Waals surface area contributed by atoms with Crippen LogP contribution in [0.25, 0.3) is 0 Å². The van der Waals surface area contributed by atoms with Gasteiger partial charge in [0.05, 0.1) is 6.61 Å². The van der Waals surface area contributed by atoms with Crippen LogP contribution < -0.4 is 0 Å². The number of esters is 1. The molecule has 0 aromatic heterocycles. The van der Waals surface area contributed by atoms with Gasteiger partial charge in [-0.2, -0.15) is 0 Å². The van der Waals surface area contributed by atoms with E-state index in [9.17, 15) is 4.79 Å². The van der Waals surface area contributed by atoms with Crippen LogP contribution in [0.2, 0.25) is 0 Å². The van der Waals surface area contributed by atoms with Gasteiger partial charge in [-0.3, -0.25) is 0 Å². The van der Waals surface area contributed by atoms with Crippen LogP contribution in [0.3, 0.4) is 0 Å². The summed E-state index contributed by atoms with van der Waals surface area (Å²) in [6, 6.07) is 0.273. The molecular formula is C10H19NO2. The molecule has 0 N–H and O–H groups in total. The first-order valence-electron chi connectivity index (χ1n) is 4.67. The molecule has 3 nitrogen and oxygen atoms in total. The van der Waals surface area contributed by atoms with Crippen LogP contribution in [-0.2, 0) is 9.53 Å². The SMILES string of the molecule is CCOC(=O)/C=C/[C@@H](C)N(C)CC. The van der Waals surface area contributed by atoms with Crippen molar-refractivity contribution in [1.29, 1.82) is 0 Å². The van der Waals surface area contributed by atoms with E-state index in [4.69, 9.17) is 4.74 Å². The van der Waals surface area contributed by atoms with Gasteiger partial charge in [0, 0.05) is 12.1 Å². The van der Waals surface area contributed by atoms with E-state index in [1.807, 2.05) is 20.0 Å². The van der Waals surface area contributed by atoms with E-state index in [0.717, 1.165) is 6.54 Å². The first-order chi connectivity index (χ1) is 6.11. The lowest BCUT2D eigenvalue weighted by molar-refractivity contribution is -0.137. The number of nitrogens with zero attached hydrogens (tertiary/aromatic N) is 1. The minimum Gasteiger partial charge on any atom is -0.463 e. The molecule has 0 unspecified atom stereocenters. The monoisotopic (exact) mass is 185 g/mol. The van der Waals surface area contributed by atoms with E-state index in [0.29, 0.717) is 6.61 Å². The Morgan fingerprint density at radius 3 is 2.62 bits per heavy atom. The van der Waals surface area contributed by atoms with E-state index < -0.39 is 0 Å². The largest absolute Gasteiger partial charge is 0.463 e. The highest BCUT2D eigenvalue weighted by atomic mass is 16.5. The smallest absolute Gasteiger partial charge is 0.330 e. The second-order valence-corrected chi connectivity index (χ2v) is 2.92. The number of hydrogen-bond donors (Lipinski definition) is 0. The van der Waals surface area contributed by atoms with Gasteiger partial charge < -0.3 is 9.64 Å². The van der Waals surface area contributed by atoms with E-state index in [1.54, 1.807) is 6.92 Å². The maximum absolute atomic E-state index is 10.9. The Hall–Kier alpha value is -0.830. The summed E-state index contributed by atoms with van der Waals surface area (Å²) >= 11 is 0. The third kappa shape index (κ3) is 5.42. The third-order valence-electron chi connectivity index (χ3n) is 1.99. The summed E-state index contributed by atoms with van der Waals surface area (Å²) in [6.07, 6.45) is 3.34. The average Bonchev–Trinajstić information content (AvgIpc) is 2.13. The quantitative estimate of drug-likeness (QED) is 0.479. The van der Waals surface area contributed by atoms with E-state index in [-0.39, 0.29) is 12.0 Å². The van der Waals surface area contributed by atoms with Crippen molar-refractivity contribution in [2.75, 3.05) is 20.2 Å². The Balaban J connectivity index is 3.88. The predicted octanol–water partition coefficient (Wildman–Crippen LogP) is 1.45. The topological polar surface area (TPSA) is 29.5 Å². The summed E-state index contributed by atoms with van der Waals surface area (Å²) < 4.78 is 4.76. The third-order valence-corrected chi connectivity index (χ3v) is 1.99. The fraction of sp³-hybridized carbons (Fsp3) is 0.700. The predicted molar refractivity (Wildman–Crippen MR) is 53.5 cm³/mol. The maximum Gasteiger partial charge on any atom is 0.330 e. The van der Waals surface area contributed by atoms with E-state index in [2.05, 4.69) is 11.8 Å². The molecule has 0 aliphatic heterocycles. The molecule has 0 radical (unpaired) electrons. The van der Waals surface area contributed by atoms with Crippen molar-refractivity contribution in [2.24, 2.45) is 0 Å². The lowest BCUT2D eigenvalue weighted by atomic mass is 10.3. The summed E-state index contributed by atoms with van der Waals surface area (Å²) in [6.45, 7) is 7.32. The Kier molecular flexibility index (Phi) is 6.24. The zero-order valence-corrected chi connectivity index (χ0v) is 8.91. The molecule has 0 aliphatic rings. The van der Waals surface area contributed by atoms with Crippen LogP contribution >= 0.6 is 0 Å². The van der Waals surface area contributed by atoms with Gasteiger partial charge in [0.15, 0.2) is 0 Å². The van der Waals surface area contributed by atoms with E-state index in [1.165, 1.54) is 6.08 Å². The standard InChI is InChI=1S/C10H19NO2/c1-5-11(4)9(3)7-8-10(12)13-6-2/h7-9H,5-6H2,1-4H3/b8-7+/t9-/m1/s1. The highest BCUT2D eigenvalue weighted by Crippen LogP contribution is 1.96. The number of rotatable bonds is 5. The van der Waals surface area contributed by atoms with Crippen molar-refractivity contribution in [2.45, 2.75) is 26.8 Å². The summed E-state index contributed by atoms with van der Waals surface area (Å²) in [4.78, 5) is 13.1. The second kappa shape index (κ2) is 6.66. The molecule has 13 heavy (non-hydrogen) atoms. The Bertz CT molecular complexity index is 178. The average molecular weight is 185 g/mol. The van der Waals surface area contributed by atoms with Crippen molar-refractivity contribution in [3.63, 3.8) is 0 Å². The second-order valence-electron chi connectivity index (χ2n) is 2.92. The highest BCUT2D eigenvalue weighted by Gasteiger charge is 2.02. The Morgan fingerprint density at radius 2 is 2.15 bits per heavy atom. The van der Waals surface area contributed by atoms with Crippen molar-refractivity contribution in [1.82, 2.24) is 4.90 Å². The van der Waals surface area contributed by atoms with Crippen LogP contribution in [0.15, 0.2) is 12.2 Å². The van der Waals surface area contributed by atoms with Gasteiger partial charge in [-0.25, -0.2) is 4.79 Å². The van der Waals surface area contributed by atoms with Crippen molar-refractivity contribution in [3.8, 4) is 0 Å². The van der Waals surface area contributed by atoms with Crippen LogP contribution in [0, 0.1) is 0 Å². The van der Waals surface area contributed by atoms with Crippen LogP contribution in [0.5, 0.6) is 0 Å². The molecular weight excluding hydrogens is 166 g/mol. The minimum atomic E-state index is -0.265. The molecule has 0 fully saturated rings. The van der Waals surface area contributed by atoms with Crippen LogP contribution in [0.1, 0.15) is 20.8 Å². The number of hydrogen-bond acceptors (Lipinski definition) is 3. The Morgan fingerprint density at radius 1 is 1.54 bits per heavy atom. The molecule has 0 aliphatic carbocycles. The normalized spacial score (nSPS) is 13.6. The summed E-state index contributed by atoms with van der Waals surface area (Å²) in [5.74, 6) is -0.265. The zero-order valence-electron chi connectivity index (χ0n) is 8.91. The number of carbonyl (C=O) groups excluding carboxylic acids is 1. The van der Waals surface area contributed by atoms with Crippen molar-refractivity contribution >= 4 is 5.97 Å². The van der Waals surface area contributed by atoms with Gasteiger partial charge in [-0.15, -0.1) is 0 Å². The zero-order chi connectivity index (χ0) is 10.3. The molecule has 0 saturated heterocycles. The number of carbonyl (C=O) groups is 1. The van der Waals surface area contributed by atoms with Gasteiger partial charge in [-0.1, -0.05) is 13.0 Å². The van der Waals surface area contributed by atoms with Gasteiger partial charge in [0.25, 0.3) is 0 Å². The minimum absolute atomic E-state index is 0.265.